The molecule has 0 aromatic rings. The van der Waals surface area contributed by atoms with Gasteiger partial charge in [-0.05, 0) is 58.0 Å². The fraction of sp³-hybridized carbons (Fsp3) is 0.913. The van der Waals surface area contributed by atoms with Crippen LogP contribution in [0.25, 0.3) is 0 Å². The van der Waals surface area contributed by atoms with Gasteiger partial charge >= 0.3 is 12.1 Å². The molecule has 1 saturated carbocycles. The Morgan fingerprint density at radius 2 is 1.65 bits per heavy atom. The lowest BCUT2D eigenvalue weighted by Gasteiger charge is -2.39. The standard InChI is InChI=1S/C23H40N4O4/c1-18-22(26-15-13-24(14-16-26)17-21(28)29)31-23(30)27(18)12-9-19-7-10-25(11-8-19)20-5-3-2-4-6-20/h18-20,22H,2-17H2,1H3,(H,28,29). The summed E-state index contributed by atoms with van der Waals surface area (Å²) in [6.07, 6.45) is 10.1. The Hall–Kier alpha value is -1.38. The van der Waals surface area contributed by atoms with Gasteiger partial charge < -0.3 is 19.6 Å². The van der Waals surface area contributed by atoms with Crippen molar-refractivity contribution in [3.8, 4) is 0 Å². The van der Waals surface area contributed by atoms with E-state index in [0.29, 0.717) is 19.0 Å². The molecule has 3 saturated heterocycles. The fourth-order valence-electron chi connectivity index (χ4n) is 6.01. The van der Waals surface area contributed by atoms with Crippen LogP contribution in [0.5, 0.6) is 0 Å². The van der Waals surface area contributed by atoms with Crippen molar-refractivity contribution in [3.63, 3.8) is 0 Å². The van der Waals surface area contributed by atoms with E-state index in [1.807, 2.05) is 9.80 Å². The molecule has 0 aromatic heterocycles. The van der Waals surface area contributed by atoms with Gasteiger partial charge in [0, 0.05) is 38.8 Å². The van der Waals surface area contributed by atoms with E-state index >= 15 is 0 Å². The van der Waals surface area contributed by atoms with Gasteiger partial charge in [-0.2, -0.15) is 0 Å². The van der Waals surface area contributed by atoms with E-state index in [-0.39, 0.29) is 24.9 Å². The van der Waals surface area contributed by atoms with Crippen LogP contribution in [0.3, 0.4) is 0 Å². The third-order valence-electron chi connectivity index (χ3n) is 8.00. The second kappa shape index (κ2) is 10.5. The summed E-state index contributed by atoms with van der Waals surface area (Å²) < 4.78 is 5.75. The van der Waals surface area contributed by atoms with Crippen LogP contribution in [0.2, 0.25) is 0 Å². The first-order chi connectivity index (χ1) is 15.0. The van der Waals surface area contributed by atoms with Crippen molar-refractivity contribution >= 4 is 12.1 Å². The van der Waals surface area contributed by atoms with E-state index in [1.54, 1.807) is 0 Å². The molecule has 0 spiro atoms. The Morgan fingerprint density at radius 3 is 2.29 bits per heavy atom. The number of amides is 1. The normalized spacial score (nSPS) is 30.6. The monoisotopic (exact) mass is 436 g/mol. The number of carbonyl (C=O) groups is 2. The van der Waals surface area contributed by atoms with Crippen LogP contribution in [0, 0.1) is 5.92 Å². The topological polar surface area (TPSA) is 76.6 Å². The molecule has 176 valence electrons. The summed E-state index contributed by atoms with van der Waals surface area (Å²) in [6.45, 7) is 8.27. The Bertz CT molecular complexity index is 611. The molecule has 3 heterocycles. The van der Waals surface area contributed by atoms with Crippen molar-refractivity contribution in [1.82, 2.24) is 19.6 Å². The second-order valence-electron chi connectivity index (χ2n) is 9.97. The van der Waals surface area contributed by atoms with Gasteiger partial charge in [-0.1, -0.05) is 19.3 Å². The molecule has 1 N–H and O–H groups in total. The van der Waals surface area contributed by atoms with Crippen LogP contribution < -0.4 is 0 Å². The summed E-state index contributed by atoms with van der Waals surface area (Å²) in [6, 6.07) is 0.862. The van der Waals surface area contributed by atoms with E-state index in [2.05, 4.69) is 16.7 Å². The predicted octanol–water partition coefficient (Wildman–Crippen LogP) is 2.29. The number of carboxylic acids is 1. The first-order valence-corrected chi connectivity index (χ1v) is 12.4. The number of nitrogens with zero attached hydrogens (tertiary/aromatic N) is 4. The van der Waals surface area contributed by atoms with Crippen LogP contribution in [-0.4, -0.2) is 107 Å². The SMILES string of the molecule is CC1C(N2CCN(CC(=O)O)CC2)OC(=O)N1CCC1CCN(C2CCCCC2)CC1. The van der Waals surface area contributed by atoms with Gasteiger partial charge in [-0.25, -0.2) is 4.79 Å². The molecule has 1 aliphatic carbocycles. The first kappa shape index (κ1) is 22.8. The number of carboxylic acid groups (broad SMARTS) is 1. The molecule has 4 fully saturated rings. The number of piperazine rings is 1. The summed E-state index contributed by atoms with van der Waals surface area (Å²) in [4.78, 5) is 32.3. The van der Waals surface area contributed by atoms with Crippen LogP contribution in [-0.2, 0) is 9.53 Å². The highest BCUT2D eigenvalue weighted by Gasteiger charge is 2.43. The Kier molecular flexibility index (Phi) is 7.72. The molecular formula is C23H40N4O4. The first-order valence-electron chi connectivity index (χ1n) is 12.4. The zero-order valence-electron chi connectivity index (χ0n) is 19.1. The van der Waals surface area contributed by atoms with Crippen LogP contribution >= 0.6 is 0 Å². The lowest BCUT2D eigenvalue weighted by Crippen LogP contribution is -2.54. The van der Waals surface area contributed by atoms with E-state index in [0.717, 1.165) is 32.1 Å². The fourth-order valence-corrected chi connectivity index (χ4v) is 6.01. The van der Waals surface area contributed by atoms with Crippen molar-refractivity contribution in [2.75, 3.05) is 52.4 Å². The molecule has 4 aliphatic rings. The van der Waals surface area contributed by atoms with Crippen molar-refractivity contribution in [1.29, 1.82) is 0 Å². The number of likely N-dealkylation sites (tertiary alicyclic amines) is 1. The summed E-state index contributed by atoms with van der Waals surface area (Å²) in [5.74, 6) is -0.0803. The minimum Gasteiger partial charge on any atom is -0.480 e. The summed E-state index contributed by atoms with van der Waals surface area (Å²) in [5, 5.41) is 8.97. The number of cyclic esters (lactones) is 1. The Balaban J connectivity index is 1.19. The van der Waals surface area contributed by atoms with E-state index in [4.69, 9.17) is 9.84 Å². The van der Waals surface area contributed by atoms with E-state index in [1.165, 1.54) is 58.0 Å². The number of ether oxygens (including phenoxy) is 1. The average molecular weight is 437 g/mol. The lowest BCUT2D eigenvalue weighted by atomic mass is 9.89. The maximum atomic E-state index is 12.6. The van der Waals surface area contributed by atoms with E-state index in [9.17, 15) is 9.59 Å². The number of hydrogen-bond acceptors (Lipinski definition) is 6. The van der Waals surface area contributed by atoms with Gasteiger partial charge in [0.15, 0.2) is 6.23 Å². The third-order valence-corrected chi connectivity index (χ3v) is 8.00. The molecule has 8 nitrogen and oxygen atoms in total. The largest absolute Gasteiger partial charge is 0.480 e. The number of aliphatic carboxylic acids is 1. The average Bonchev–Trinajstić information content (AvgIpc) is 3.07. The third kappa shape index (κ3) is 5.71. The van der Waals surface area contributed by atoms with Crippen molar-refractivity contribution in [2.45, 2.75) is 76.6 Å². The minimum atomic E-state index is -0.787. The summed E-state index contributed by atoms with van der Waals surface area (Å²) >= 11 is 0. The predicted molar refractivity (Wildman–Crippen MR) is 118 cm³/mol. The lowest BCUT2D eigenvalue weighted by molar-refractivity contribution is -0.139. The van der Waals surface area contributed by atoms with Crippen LogP contribution in [0.1, 0.15) is 58.3 Å². The van der Waals surface area contributed by atoms with Gasteiger partial charge in [0.05, 0.1) is 12.6 Å². The number of piperidine rings is 1. The molecule has 1 amide bonds. The molecule has 0 radical (unpaired) electrons. The van der Waals surface area contributed by atoms with Crippen LogP contribution in [0.15, 0.2) is 0 Å². The molecule has 31 heavy (non-hydrogen) atoms. The zero-order chi connectivity index (χ0) is 21.8. The molecule has 8 heteroatoms. The molecule has 0 aromatic carbocycles. The Morgan fingerprint density at radius 1 is 0.968 bits per heavy atom. The maximum absolute atomic E-state index is 12.6. The van der Waals surface area contributed by atoms with Crippen molar-refractivity contribution in [3.05, 3.63) is 0 Å². The molecular weight excluding hydrogens is 396 g/mol. The highest BCUT2D eigenvalue weighted by molar-refractivity contribution is 5.70. The molecule has 4 rings (SSSR count). The van der Waals surface area contributed by atoms with Gasteiger partial charge in [-0.15, -0.1) is 0 Å². The van der Waals surface area contributed by atoms with Gasteiger partial charge in [0.1, 0.15) is 0 Å². The highest BCUT2D eigenvalue weighted by atomic mass is 16.6. The number of rotatable bonds is 7. The number of hydrogen-bond donors (Lipinski definition) is 1. The second-order valence-corrected chi connectivity index (χ2v) is 9.97. The maximum Gasteiger partial charge on any atom is 0.411 e. The molecule has 0 bridgehead atoms. The molecule has 3 aliphatic heterocycles. The smallest absolute Gasteiger partial charge is 0.411 e. The highest BCUT2D eigenvalue weighted by Crippen LogP contribution is 2.30. The van der Waals surface area contributed by atoms with Gasteiger partial charge in [-0.3, -0.25) is 14.6 Å². The van der Waals surface area contributed by atoms with Crippen LogP contribution in [0.4, 0.5) is 4.79 Å². The molecule has 2 atom stereocenters. The van der Waals surface area contributed by atoms with Gasteiger partial charge in [0.25, 0.3) is 0 Å². The minimum absolute atomic E-state index is 0.0425. The quantitative estimate of drug-likeness (QED) is 0.656. The van der Waals surface area contributed by atoms with Crippen molar-refractivity contribution in [2.24, 2.45) is 5.92 Å². The summed E-state index contributed by atoms with van der Waals surface area (Å²) in [5.41, 5.74) is 0. The van der Waals surface area contributed by atoms with E-state index < -0.39 is 5.97 Å². The van der Waals surface area contributed by atoms with Gasteiger partial charge in [0.2, 0.25) is 0 Å². The molecule has 2 unspecified atom stereocenters. The summed E-state index contributed by atoms with van der Waals surface area (Å²) in [7, 11) is 0. The van der Waals surface area contributed by atoms with Crippen molar-refractivity contribution < 1.29 is 19.4 Å². The zero-order valence-corrected chi connectivity index (χ0v) is 19.1. The Labute approximate surface area is 186 Å². The number of carbonyl (C=O) groups excluding carboxylic acids is 1.